The molecule has 0 radical (unpaired) electrons. The summed E-state index contributed by atoms with van der Waals surface area (Å²) in [5.74, 6) is -0.151. The highest BCUT2D eigenvalue weighted by Crippen LogP contribution is 2.16. The molecule has 0 unspecified atom stereocenters. The summed E-state index contributed by atoms with van der Waals surface area (Å²) in [5, 5.41) is 2.69. The minimum absolute atomic E-state index is 0.00838. The van der Waals surface area contributed by atoms with E-state index < -0.39 is 10.0 Å². The fraction of sp³-hybridized carbons (Fsp3) is 0.818. The van der Waals surface area contributed by atoms with Crippen molar-refractivity contribution in [2.24, 2.45) is 5.92 Å². The highest BCUT2D eigenvalue weighted by molar-refractivity contribution is 7.88. The molecule has 1 N–H and O–H groups in total. The second-order valence-electron chi connectivity index (χ2n) is 5.03. The van der Waals surface area contributed by atoms with Gasteiger partial charge in [0.1, 0.15) is 0 Å². The molecule has 0 aromatic rings. The van der Waals surface area contributed by atoms with Gasteiger partial charge in [-0.1, -0.05) is 0 Å². The zero-order valence-corrected chi connectivity index (χ0v) is 11.8. The summed E-state index contributed by atoms with van der Waals surface area (Å²) in [4.78, 5) is 25.0. The number of amides is 2. The van der Waals surface area contributed by atoms with Crippen molar-refractivity contribution in [3.8, 4) is 0 Å². The van der Waals surface area contributed by atoms with Crippen LogP contribution >= 0.6 is 0 Å². The topological polar surface area (TPSA) is 86.8 Å². The van der Waals surface area contributed by atoms with E-state index in [9.17, 15) is 18.0 Å². The first kappa shape index (κ1) is 14.3. The Morgan fingerprint density at radius 1 is 1.26 bits per heavy atom. The van der Waals surface area contributed by atoms with Gasteiger partial charge < -0.3 is 10.2 Å². The highest BCUT2D eigenvalue weighted by Gasteiger charge is 2.31. The van der Waals surface area contributed by atoms with Gasteiger partial charge in [-0.2, -0.15) is 4.31 Å². The zero-order valence-electron chi connectivity index (χ0n) is 11.0. The van der Waals surface area contributed by atoms with E-state index in [1.807, 2.05) is 0 Å². The van der Waals surface area contributed by atoms with E-state index in [4.69, 9.17) is 0 Å². The molecule has 0 aromatic heterocycles. The minimum Gasteiger partial charge on any atom is -0.355 e. The standard InChI is InChI=1S/C11H19N3O4S/c1-19(17,18)14-6-4-13(5-7-14)11(16)9-2-3-10(15)12-8-9/h9H,2-8H2,1H3,(H,12,15)/t9-/m0/s1. The molecule has 8 heteroatoms. The van der Waals surface area contributed by atoms with Gasteiger partial charge in [0.15, 0.2) is 0 Å². The van der Waals surface area contributed by atoms with E-state index in [0.29, 0.717) is 45.6 Å². The van der Waals surface area contributed by atoms with E-state index in [1.165, 1.54) is 10.6 Å². The van der Waals surface area contributed by atoms with Crippen molar-refractivity contribution in [3.63, 3.8) is 0 Å². The van der Waals surface area contributed by atoms with Crippen molar-refractivity contribution < 1.29 is 18.0 Å². The second kappa shape index (κ2) is 5.46. The third-order valence-corrected chi connectivity index (χ3v) is 4.94. The van der Waals surface area contributed by atoms with Gasteiger partial charge in [-0.25, -0.2) is 8.42 Å². The number of sulfonamides is 1. The molecule has 2 aliphatic rings. The molecule has 7 nitrogen and oxygen atoms in total. The molecule has 2 amide bonds. The van der Waals surface area contributed by atoms with E-state index in [2.05, 4.69) is 5.32 Å². The van der Waals surface area contributed by atoms with E-state index >= 15 is 0 Å². The summed E-state index contributed by atoms with van der Waals surface area (Å²) in [7, 11) is -3.17. The Labute approximate surface area is 113 Å². The molecule has 2 aliphatic heterocycles. The predicted molar refractivity (Wildman–Crippen MR) is 68.7 cm³/mol. The van der Waals surface area contributed by atoms with Gasteiger partial charge in [-0.15, -0.1) is 0 Å². The van der Waals surface area contributed by atoms with Crippen LogP contribution in [0.15, 0.2) is 0 Å². The van der Waals surface area contributed by atoms with Gasteiger partial charge >= 0.3 is 0 Å². The molecule has 0 aliphatic carbocycles. The summed E-state index contributed by atoms with van der Waals surface area (Å²) >= 11 is 0. The zero-order chi connectivity index (χ0) is 14.0. The number of hydrogen-bond acceptors (Lipinski definition) is 4. The van der Waals surface area contributed by atoms with E-state index in [1.54, 1.807) is 4.90 Å². The Hall–Kier alpha value is -1.15. The van der Waals surface area contributed by atoms with Crippen molar-refractivity contribution in [3.05, 3.63) is 0 Å². The Morgan fingerprint density at radius 2 is 1.89 bits per heavy atom. The van der Waals surface area contributed by atoms with E-state index in [-0.39, 0.29) is 17.7 Å². The summed E-state index contributed by atoms with van der Waals surface area (Å²) < 4.78 is 24.1. The second-order valence-corrected chi connectivity index (χ2v) is 7.01. The van der Waals surface area contributed by atoms with Crippen molar-refractivity contribution in [2.45, 2.75) is 12.8 Å². The molecule has 2 heterocycles. The summed E-state index contributed by atoms with van der Waals surface area (Å²) in [5.41, 5.74) is 0. The van der Waals surface area contributed by atoms with Crippen LogP contribution < -0.4 is 5.32 Å². The summed E-state index contributed by atoms with van der Waals surface area (Å²) in [6, 6.07) is 0. The number of piperidine rings is 1. The summed E-state index contributed by atoms with van der Waals surface area (Å²) in [6.45, 7) is 1.95. The normalized spacial score (nSPS) is 26.1. The maximum absolute atomic E-state index is 12.2. The minimum atomic E-state index is -3.17. The fourth-order valence-electron chi connectivity index (χ4n) is 2.44. The average molecular weight is 289 g/mol. The summed E-state index contributed by atoms with van der Waals surface area (Å²) in [6.07, 6.45) is 2.15. The van der Waals surface area contributed by atoms with Crippen LogP contribution in [-0.2, 0) is 19.6 Å². The molecular formula is C11H19N3O4S. The van der Waals surface area contributed by atoms with Gasteiger partial charge in [0.25, 0.3) is 0 Å². The van der Waals surface area contributed by atoms with Gasteiger partial charge in [-0.05, 0) is 6.42 Å². The number of hydrogen-bond donors (Lipinski definition) is 1. The molecule has 1 atom stereocenters. The van der Waals surface area contributed by atoms with Crippen LogP contribution in [-0.4, -0.2) is 68.4 Å². The molecular weight excluding hydrogens is 270 g/mol. The lowest BCUT2D eigenvalue weighted by atomic mass is 9.97. The third-order valence-electron chi connectivity index (χ3n) is 3.63. The lowest BCUT2D eigenvalue weighted by Crippen LogP contribution is -2.53. The lowest BCUT2D eigenvalue weighted by molar-refractivity contribution is -0.138. The molecule has 2 fully saturated rings. The monoisotopic (exact) mass is 289 g/mol. The first-order valence-corrected chi connectivity index (χ1v) is 8.23. The SMILES string of the molecule is CS(=O)(=O)N1CCN(C(=O)[C@H]2CCC(=O)NC2)CC1. The van der Waals surface area contributed by atoms with Crippen LogP contribution in [0.3, 0.4) is 0 Å². The largest absolute Gasteiger partial charge is 0.355 e. The van der Waals surface area contributed by atoms with Gasteiger partial charge in [-0.3, -0.25) is 9.59 Å². The highest BCUT2D eigenvalue weighted by atomic mass is 32.2. The Balaban J connectivity index is 1.87. The molecule has 0 spiro atoms. The number of nitrogens with zero attached hydrogens (tertiary/aromatic N) is 2. The van der Waals surface area contributed by atoms with Crippen molar-refractivity contribution >= 4 is 21.8 Å². The van der Waals surface area contributed by atoms with Crippen LogP contribution in [0.2, 0.25) is 0 Å². The molecule has 2 rings (SSSR count). The number of nitrogens with one attached hydrogen (secondary N) is 1. The van der Waals surface area contributed by atoms with E-state index in [0.717, 1.165) is 0 Å². The van der Waals surface area contributed by atoms with Crippen LogP contribution in [0.25, 0.3) is 0 Å². The number of piperazine rings is 1. The Bertz CT molecular complexity index is 458. The molecule has 2 saturated heterocycles. The maximum atomic E-state index is 12.2. The first-order valence-electron chi connectivity index (χ1n) is 6.38. The average Bonchev–Trinajstić information content (AvgIpc) is 2.38. The number of carbonyl (C=O) groups excluding carboxylic acids is 2. The molecule has 0 saturated carbocycles. The Morgan fingerprint density at radius 3 is 2.37 bits per heavy atom. The lowest BCUT2D eigenvalue weighted by Gasteiger charge is -2.36. The van der Waals surface area contributed by atoms with Crippen molar-refractivity contribution in [1.82, 2.24) is 14.5 Å². The quantitative estimate of drug-likeness (QED) is 0.678. The maximum Gasteiger partial charge on any atom is 0.227 e. The molecule has 0 bridgehead atoms. The van der Waals surface area contributed by atoms with Crippen LogP contribution in [0.5, 0.6) is 0 Å². The van der Waals surface area contributed by atoms with Gasteiger partial charge in [0, 0.05) is 39.1 Å². The first-order chi connectivity index (χ1) is 8.88. The molecule has 19 heavy (non-hydrogen) atoms. The predicted octanol–water partition coefficient (Wildman–Crippen LogP) is -1.38. The number of rotatable bonds is 2. The fourth-order valence-corrected chi connectivity index (χ4v) is 3.27. The van der Waals surface area contributed by atoms with Crippen LogP contribution in [0.4, 0.5) is 0 Å². The van der Waals surface area contributed by atoms with Crippen LogP contribution in [0, 0.1) is 5.92 Å². The smallest absolute Gasteiger partial charge is 0.227 e. The third kappa shape index (κ3) is 3.44. The van der Waals surface area contributed by atoms with Crippen molar-refractivity contribution in [2.75, 3.05) is 39.0 Å². The number of carbonyl (C=O) groups is 2. The van der Waals surface area contributed by atoms with Crippen molar-refractivity contribution in [1.29, 1.82) is 0 Å². The molecule has 0 aromatic carbocycles. The van der Waals surface area contributed by atoms with Gasteiger partial charge in [0.2, 0.25) is 21.8 Å². The Kier molecular flexibility index (Phi) is 4.10. The molecule has 108 valence electrons. The van der Waals surface area contributed by atoms with Crippen LogP contribution in [0.1, 0.15) is 12.8 Å². The van der Waals surface area contributed by atoms with Gasteiger partial charge in [0.05, 0.1) is 12.2 Å².